The standard InChI is InChI=1S/C12H23NO3/c1-3-13-7-5-11(6-8-13)12(14)16-10-4-9-15-2/h11H,3-10H2,1-2H3. The van der Waals surface area contributed by atoms with Crippen LogP contribution < -0.4 is 0 Å². The van der Waals surface area contributed by atoms with Gasteiger partial charge in [0.25, 0.3) is 0 Å². The van der Waals surface area contributed by atoms with Gasteiger partial charge in [0, 0.05) is 20.1 Å². The van der Waals surface area contributed by atoms with E-state index in [0.717, 1.165) is 38.9 Å². The number of ether oxygens (including phenoxy) is 2. The Morgan fingerprint density at radius 1 is 1.31 bits per heavy atom. The Labute approximate surface area is 97.9 Å². The second-order valence-corrected chi connectivity index (χ2v) is 4.22. The van der Waals surface area contributed by atoms with Gasteiger partial charge >= 0.3 is 5.97 Å². The molecule has 1 fully saturated rings. The lowest BCUT2D eigenvalue weighted by molar-refractivity contribution is -0.150. The number of carbonyl (C=O) groups excluding carboxylic acids is 1. The molecular weight excluding hydrogens is 206 g/mol. The summed E-state index contributed by atoms with van der Waals surface area (Å²) in [6.07, 6.45) is 2.67. The highest BCUT2D eigenvalue weighted by atomic mass is 16.5. The van der Waals surface area contributed by atoms with Crippen molar-refractivity contribution in [3.05, 3.63) is 0 Å². The van der Waals surface area contributed by atoms with Crippen LogP contribution in [0.5, 0.6) is 0 Å². The molecule has 0 aromatic rings. The fraction of sp³-hybridized carbons (Fsp3) is 0.917. The average Bonchev–Trinajstić information content (AvgIpc) is 2.34. The van der Waals surface area contributed by atoms with Crippen LogP contribution in [-0.2, 0) is 14.3 Å². The maximum atomic E-state index is 11.7. The molecule has 0 spiro atoms. The number of rotatable bonds is 6. The highest BCUT2D eigenvalue weighted by molar-refractivity contribution is 5.72. The molecule has 0 atom stereocenters. The van der Waals surface area contributed by atoms with Gasteiger partial charge in [-0.15, -0.1) is 0 Å². The number of piperidine rings is 1. The summed E-state index contributed by atoms with van der Waals surface area (Å²) in [6, 6.07) is 0. The fourth-order valence-corrected chi connectivity index (χ4v) is 1.98. The molecule has 0 N–H and O–H groups in total. The second-order valence-electron chi connectivity index (χ2n) is 4.22. The van der Waals surface area contributed by atoms with E-state index in [4.69, 9.17) is 9.47 Å². The van der Waals surface area contributed by atoms with Gasteiger partial charge in [0.1, 0.15) is 0 Å². The van der Waals surface area contributed by atoms with Gasteiger partial charge in [0.15, 0.2) is 0 Å². The molecule has 4 heteroatoms. The van der Waals surface area contributed by atoms with Crippen molar-refractivity contribution in [3.8, 4) is 0 Å². The van der Waals surface area contributed by atoms with Crippen molar-refractivity contribution in [1.82, 2.24) is 4.90 Å². The molecule has 0 bridgehead atoms. The van der Waals surface area contributed by atoms with Crippen molar-refractivity contribution in [3.63, 3.8) is 0 Å². The van der Waals surface area contributed by atoms with Crippen molar-refractivity contribution in [2.24, 2.45) is 5.92 Å². The predicted molar refractivity (Wildman–Crippen MR) is 62.3 cm³/mol. The Balaban J connectivity index is 2.13. The first-order valence-electron chi connectivity index (χ1n) is 6.15. The molecule has 1 heterocycles. The topological polar surface area (TPSA) is 38.8 Å². The minimum absolute atomic E-state index is 0.0214. The minimum atomic E-state index is -0.0214. The Morgan fingerprint density at radius 2 is 2.00 bits per heavy atom. The largest absolute Gasteiger partial charge is 0.465 e. The van der Waals surface area contributed by atoms with Crippen molar-refractivity contribution in [1.29, 1.82) is 0 Å². The highest BCUT2D eigenvalue weighted by Gasteiger charge is 2.25. The van der Waals surface area contributed by atoms with Gasteiger partial charge in [-0.1, -0.05) is 6.92 Å². The Morgan fingerprint density at radius 3 is 2.56 bits per heavy atom. The minimum Gasteiger partial charge on any atom is -0.465 e. The molecule has 94 valence electrons. The number of nitrogens with zero attached hydrogens (tertiary/aromatic N) is 1. The molecule has 1 rings (SSSR count). The van der Waals surface area contributed by atoms with Crippen LogP contribution in [0.4, 0.5) is 0 Å². The van der Waals surface area contributed by atoms with E-state index < -0.39 is 0 Å². The summed E-state index contributed by atoms with van der Waals surface area (Å²) in [5.41, 5.74) is 0. The van der Waals surface area contributed by atoms with E-state index in [2.05, 4.69) is 11.8 Å². The summed E-state index contributed by atoms with van der Waals surface area (Å²) < 4.78 is 10.1. The second kappa shape index (κ2) is 7.63. The van der Waals surface area contributed by atoms with Gasteiger partial charge in [0.05, 0.1) is 12.5 Å². The Kier molecular flexibility index (Phi) is 6.42. The first-order valence-corrected chi connectivity index (χ1v) is 6.15. The Hall–Kier alpha value is -0.610. The van der Waals surface area contributed by atoms with Crippen molar-refractivity contribution >= 4 is 5.97 Å². The number of hydrogen-bond acceptors (Lipinski definition) is 4. The van der Waals surface area contributed by atoms with Crippen LogP contribution in [0.15, 0.2) is 0 Å². The van der Waals surface area contributed by atoms with Gasteiger partial charge in [-0.2, -0.15) is 0 Å². The Bertz CT molecular complexity index is 200. The van der Waals surface area contributed by atoms with Gasteiger partial charge in [-0.05, 0) is 32.5 Å². The molecule has 16 heavy (non-hydrogen) atoms. The van der Waals surface area contributed by atoms with Crippen molar-refractivity contribution in [2.45, 2.75) is 26.2 Å². The number of esters is 1. The first-order chi connectivity index (χ1) is 7.77. The van der Waals surface area contributed by atoms with Crippen molar-refractivity contribution in [2.75, 3.05) is 40.0 Å². The van der Waals surface area contributed by atoms with Crippen LogP contribution in [0, 0.1) is 5.92 Å². The molecule has 1 aliphatic heterocycles. The fourth-order valence-electron chi connectivity index (χ4n) is 1.98. The molecule has 0 aliphatic carbocycles. The van der Waals surface area contributed by atoms with E-state index in [1.165, 1.54) is 0 Å². The number of hydrogen-bond donors (Lipinski definition) is 0. The summed E-state index contributed by atoms with van der Waals surface area (Å²) in [4.78, 5) is 14.0. The van der Waals surface area contributed by atoms with Crippen LogP contribution >= 0.6 is 0 Å². The van der Waals surface area contributed by atoms with Crippen LogP contribution in [-0.4, -0.2) is 50.8 Å². The number of methoxy groups -OCH3 is 1. The third-order valence-corrected chi connectivity index (χ3v) is 3.11. The SMILES string of the molecule is CCN1CCC(C(=O)OCCCOC)CC1. The maximum absolute atomic E-state index is 11.7. The average molecular weight is 229 g/mol. The summed E-state index contributed by atoms with van der Waals surface area (Å²) in [5.74, 6) is 0.0946. The first kappa shape index (κ1) is 13.5. The van der Waals surface area contributed by atoms with E-state index in [0.29, 0.717) is 13.2 Å². The molecule has 0 amide bonds. The van der Waals surface area contributed by atoms with E-state index in [-0.39, 0.29) is 11.9 Å². The zero-order valence-corrected chi connectivity index (χ0v) is 10.4. The lowest BCUT2D eigenvalue weighted by atomic mass is 9.97. The molecule has 0 unspecified atom stereocenters. The normalized spacial score (nSPS) is 18.6. The summed E-state index contributed by atoms with van der Waals surface area (Å²) in [5, 5.41) is 0. The van der Waals surface area contributed by atoms with E-state index in [1.807, 2.05) is 0 Å². The lowest BCUT2D eigenvalue weighted by Gasteiger charge is -2.29. The summed E-state index contributed by atoms with van der Waals surface area (Å²) >= 11 is 0. The predicted octanol–water partition coefficient (Wildman–Crippen LogP) is 1.30. The van der Waals surface area contributed by atoms with E-state index >= 15 is 0 Å². The molecule has 4 nitrogen and oxygen atoms in total. The van der Waals surface area contributed by atoms with Crippen LogP contribution in [0.2, 0.25) is 0 Å². The monoisotopic (exact) mass is 229 g/mol. The molecule has 0 aromatic carbocycles. The van der Waals surface area contributed by atoms with Crippen LogP contribution in [0.25, 0.3) is 0 Å². The summed E-state index contributed by atoms with van der Waals surface area (Å²) in [6.45, 7) is 6.42. The van der Waals surface area contributed by atoms with Gasteiger partial charge in [0.2, 0.25) is 0 Å². The zero-order chi connectivity index (χ0) is 11.8. The molecule has 1 aliphatic rings. The molecule has 0 saturated carbocycles. The van der Waals surface area contributed by atoms with Crippen LogP contribution in [0.1, 0.15) is 26.2 Å². The highest BCUT2D eigenvalue weighted by Crippen LogP contribution is 2.18. The van der Waals surface area contributed by atoms with E-state index in [9.17, 15) is 4.79 Å². The number of carbonyl (C=O) groups is 1. The van der Waals surface area contributed by atoms with Gasteiger partial charge in [-0.3, -0.25) is 4.79 Å². The van der Waals surface area contributed by atoms with Gasteiger partial charge < -0.3 is 14.4 Å². The molecular formula is C12H23NO3. The van der Waals surface area contributed by atoms with E-state index in [1.54, 1.807) is 7.11 Å². The van der Waals surface area contributed by atoms with Gasteiger partial charge in [-0.25, -0.2) is 0 Å². The quantitative estimate of drug-likeness (QED) is 0.508. The molecule has 1 saturated heterocycles. The van der Waals surface area contributed by atoms with Crippen molar-refractivity contribution < 1.29 is 14.3 Å². The third-order valence-electron chi connectivity index (χ3n) is 3.11. The summed E-state index contributed by atoms with van der Waals surface area (Å²) in [7, 11) is 1.66. The zero-order valence-electron chi connectivity index (χ0n) is 10.4. The number of likely N-dealkylation sites (tertiary alicyclic amines) is 1. The molecule has 0 aromatic heterocycles. The van der Waals surface area contributed by atoms with Crippen LogP contribution in [0.3, 0.4) is 0 Å². The lowest BCUT2D eigenvalue weighted by Crippen LogP contribution is -2.36. The molecule has 0 radical (unpaired) electrons. The maximum Gasteiger partial charge on any atom is 0.309 e. The third kappa shape index (κ3) is 4.49. The smallest absolute Gasteiger partial charge is 0.309 e.